The summed E-state index contributed by atoms with van der Waals surface area (Å²) >= 11 is 0. The number of aromatic nitrogens is 2. The minimum Gasteiger partial charge on any atom is -0.489 e. The van der Waals surface area contributed by atoms with Gasteiger partial charge in [0.05, 0.1) is 0 Å². The zero-order valence-corrected chi connectivity index (χ0v) is 17.4. The molecular weight excluding hydrogens is 372 g/mol. The van der Waals surface area contributed by atoms with E-state index in [1.807, 2.05) is 6.07 Å². The van der Waals surface area contributed by atoms with Crippen molar-refractivity contribution in [2.24, 2.45) is 0 Å². The monoisotopic (exact) mass is 402 g/mol. The first-order valence-electron chi connectivity index (χ1n) is 10.9. The molecule has 0 fully saturated rings. The Hall–Kier alpha value is -2.92. The SMILES string of the molecule is c1ccc(CN(CCCCNc2ncccn2)CC2CCc3ccccc3O2)cc1. The summed E-state index contributed by atoms with van der Waals surface area (Å²) in [6, 6.07) is 21.0. The number of fused-ring (bicyclic) bond motifs is 1. The largest absolute Gasteiger partial charge is 0.489 e. The summed E-state index contributed by atoms with van der Waals surface area (Å²) < 4.78 is 6.31. The molecule has 1 aliphatic rings. The summed E-state index contributed by atoms with van der Waals surface area (Å²) in [5.74, 6) is 1.76. The van der Waals surface area contributed by atoms with Crippen LogP contribution in [-0.4, -0.2) is 40.6 Å². The second-order valence-corrected chi connectivity index (χ2v) is 7.81. The van der Waals surface area contributed by atoms with Gasteiger partial charge in [-0.2, -0.15) is 0 Å². The Morgan fingerprint density at radius 2 is 1.73 bits per heavy atom. The van der Waals surface area contributed by atoms with E-state index in [0.29, 0.717) is 5.95 Å². The summed E-state index contributed by atoms with van der Waals surface area (Å²) in [5.41, 5.74) is 2.68. The van der Waals surface area contributed by atoms with Gasteiger partial charge in [0.15, 0.2) is 0 Å². The average Bonchev–Trinajstić information content (AvgIpc) is 2.80. The van der Waals surface area contributed by atoms with Gasteiger partial charge in [-0.15, -0.1) is 0 Å². The number of anilines is 1. The van der Waals surface area contributed by atoms with Crippen LogP contribution in [0.2, 0.25) is 0 Å². The third kappa shape index (κ3) is 6.04. The zero-order chi connectivity index (χ0) is 20.4. The number of unbranched alkanes of at least 4 members (excludes halogenated alkanes) is 1. The highest BCUT2D eigenvalue weighted by atomic mass is 16.5. The predicted octanol–water partition coefficient (Wildman–Crippen LogP) is 4.56. The normalized spacial score (nSPS) is 15.4. The molecular formula is C25H30N4O. The summed E-state index contributed by atoms with van der Waals surface area (Å²) in [4.78, 5) is 11.0. The van der Waals surface area contributed by atoms with Crippen LogP contribution >= 0.6 is 0 Å². The molecule has 1 aliphatic heterocycles. The first-order valence-corrected chi connectivity index (χ1v) is 10.9. The standard InChI is InChI=1S/C25H30N4O/c1-2-9-21(10-3-1)19-29(18-7-6-15-26-25-27-16-8-17-28-25)20-23-14-13-22-11-4-5-12-24(22)30-23/h1-5,8-12,16-17,23H,6-7,13-15,18-20H2,(H,26,27,28). The first-order chi connectivity index (χ1) is 14.9. The predicted molar refractivity (Wildman–Crippen MR) is 121 cm³/mol. The number of nitrogens with zero attached hydrogens (tertiary/aromatic N) is 3. The number of aryl methyl sites for hydroxylation is 1. The minimum absolute atomic E-state index is 0.249. The molecule has 4 rings (SSSR count). The lowest BCUT2D eigenvalue weighted by molar-refractivity contribution is 0.109. The number of benzene rings is 2. The third-order valence-corrected chi connectivity index (χ3v) is 5.46. The van der Waals surface area contributed by atoms with Gasteiger partial charge in [-0.1, -0.05) is 48.5 Å². The lowest BCUT2D eigenvalue weighted by atomic mass is 10.0. The van der Waals surface area contributed by atoms with Crippen molar-refractivity contribution in [3.63, 3.8) is 0 Å². The molecule has 0 bridgehead atoms. The van der Waals surface area contributed by atoms with Crippen LogP contribution in [-0.2, 0) is 13.0 Å². The molecule has 30 heavy (non-hydrogen) atoms. The molecule has 1 aromatic heterocycles. The number of para-hydroxylation sites is 1. The number of nitrogens with one attached hydrogen (secondary N) is 1. The molecule has 0 aliphatic carbocycles. The van der Waals surface area contributed by atoms with Crippen LogP contribution in [0.5, 0.6) is 5.75 Å². The van der Waals surface area contributed by atoms with Crippen molar-refractivity contribution in [3.05, 3.63) is 84.2 Å². The first kappa shape index (κ1) is 20.4. The molecule has 2 heterocycles. The molecule has 5 nitrogen and oxygen atoms in total. The van der Waals surface area contributed by atoms with Crippen molar-refractivity contribution in [2.45, 2.75) is 38.3 Å². The van der Waals surface area contributed by atoms with Gasteiger partial charge in [-0.25, -0.2) is 9.97 Å². The van der Waals surface area contributed by atoms with Crippen molar-refractivity contribution < 1.29 is 4.74 Å². The molecule has 1 N–H and O–H groups in total. The number of rotatable bonds is 10. The maximum Gasteiger partial charge on any atom is 0.222 e. The van der Waals surface area contributed by atoms with Crippen LogP contribution in [0.3, 0.4) is 0 Å². The summed E-state index contributed by atoms with van der Waals surface area (Å²) in [6.07, 6.45) is 8.15. The fourth-order valence-electron chi connectivity index (χ4n) is 3.92. The minimum atomic E-state index is 0.249. The summed E-state index contributed by atoms with van der Waals surface area (Å²) in [6.45, 7) is 3.85. The highest BCUT2D eigenvalue weighted by Crippen LogP contribution is 2.27. The van der Waals surface area contributed by atoms with E-state index in [9.17, 15) is 0 Å². The Balaban J connectivity index is 1.29. The Bertz CT molecular complexity index is 888. The second kappa shape index (κ2) is 10.7. The highest BCUT2D eigenvalue weighted by Gasteiger charge is 2.22. The van der Waals surface area contributed by atoms with Crippen LogP contribution in [0.15, 0.2) is 73.1 Å². The van der Waals surface area contributed by atoms with Crippen molar-refractivity contribution in [1.29, 1.82) is 0 Å². The van der Waals surface area contributed by atoms with Gasteiger partial charge in [0.25, 0.3) is 0 Å². The van der Waals surface area contributed by atoms with Gasteiger partial charge in [0, 0.05) is 32.0 Å². The van der Waals surface area contributed by atoms with Crippen LogP contribution in [0.4, 0.5) is 5.95 Å². The van der Waals surface area contributed by atoms with Crippen molar-refractivity contribution in [3.8, 4) is 5.75 Å². The van der Waals surface area contributed by atoms with Crippen molar-refractivity contribution >= 4 is 5.95 Å². The highest BCUT2D eigenvalue weighted by molar-refractivity contribution is 5.35. The molecule has 0 amide bonds. The van der Waals surface area contributed by atoms with Crippen LogP contribution < -0.4 is 10.1 Å². The Morgan fingerprint density at radius 1 is 0.933 bits per heavy atom. The van der Waals surface area contributed by atoms with E-state index in [4.69, 9.17) is 4.74 Å². The molecule has 0 radical (unpaired) electrons. The maximum absolute atomic E-state index is 6.31. The van der Waals surface area contributed by atoms with Gasteiger partial charge in [-0.05, 0) is 55.5 Å². The van der Waals surface area contributed by atoms with Gasteiger partial charge < -0.3 is 10.1 Å². The quantitative estimate of drug-likeness (QED) is 0.504. The van der Waals surface area contributed by atoms with Gasteiger partial charge in [0.2, 0.25) is 5.95 Å². The molecule has 3 aromatic rings. The van der Waals surface area contributed by atoms with E-state index in [1.165, 1.54) is 11.1 Å². The molecule has 1 atom stereocenters. The molecule has 5 heteroatoms. The van der Waals surface area contributed by atoms with E-state index in [1.54, 1.807) is 12.4 Å². The van der Waals surface area contributed by atoms with E-state index in [-0.39, 0.29) is 6.10 Å². The van der Waals surface area contributed by atoms with Gasteiger partial charge >= 0.3 is 0 Å². The lowest BCUT2D eigenvalue weighted by Gasteiger charge is -2.31. The topological polar surface area (TPSA) is 50.3 Å². The fourth-order valence-corrected chi connectivity index (χ4v) is 3.92. The molecule has 1 unspecified atom stereocenters. The fraction of sp³-hybridized carbons (Fsp3) is 0.360. The molecule has 156 valence electrons. The molecule has 0 spiro atoms. The Morgan fingerprint density at radius 3 is 2.60 bits per heavy atom. The van der Waals surface area contributed by atoms with Crippen LogP contribution in [0.1, 0.15) is 30.4 Å². The van der Waals surface area contributed by atoms with E-state index in [2.05, 4.69) is 74.8 Å². The van der Waals surface area contributed by atoms with Crippen LogP contribution in [0.25, 0.3) is 0 Å². The van der Waals surface area contributed by atoms with Gasteiger partial charge in [0.1, 0.15) is 11.9 Å². The average molecular weight is 403 g/mol. The Kier molecular flexibility index (Phi) is 7.29. The van der Waals surface area contributed by atoms with Gasteiger partial charge in [-0.3, -0.25) is 4.90 Å². The van der Waals surface area contributed by atoms with Crippen molar-refractivity contribution in [1.82, 2.24) is 14.9 Å². The van der Waals surface area contributed by atoms with E-state index < -0.39 is 0 Å². The van der Waals surface area contributed by atoms with E-state index >= 15 is 0 Å². The zero-order valence-electron chi connectivity index (χ0n) is 17.4. The van der Waals surface area contributed by atoms with Crippen molar-refractivity contribution in [2.75, 3.05) is 25.0 Å². The summed E-state index contributed by atoms with van der Waals surface area (Å²) in [5, 5.41) is 3.30. The lowest BCUT2D eigenvalue weighted by Crippen LogP contribution is -2.38. The number of hydrogen-bond donors (Lipinski definition) is 1. The van der Waals surface area contributed by atoms with Crippen LogP contribution in [0, 0.1) is 0 Å². The molecule has 2 aromatic carbocycles. The maximum atomic E-state index is 6.31. The smallest absolute Gasteiger partial charge is 0.222 e. The number of hydrogen-bond acceptors (Lipinski definition) is 5. The summed E-state index contributed by atoms with van der Waals surface area (Å²) in [7, 11) is 0. The third-order valence-electron chi connectivity index (χ3n) is 5.46. The van der Waals surface area contributed by atoms with E-state index in [0.717, 1.165) is 57.6 Å². The Labute approximate surface area is 179 Å². The molecule has 0 saturated heterocycles. The second-order valence-electron chi connectivity index (χ2n) is 7.81. The molecule has 0 saturated carbocycles. The number of ether oxygens (including phenoxy) is 1.